The minimum atomic E-state index is -0.155. The number of rotatable bonds is 5. The Balaban J connectivity index is 1.72. The lowest BCUT2D eigenvalue weighted by Crippen LogP contribution is -2.41. The predicted molar refractivity (Wildman–Crippen MR) is 73.0 cm³/mol. The van der Waals surface area contributed by atoms with Crippen molar-refractivity contribution < 1.29 is 4.39 Å². The van der Waals surface area contributed by atoms with E-state index in [4.69, 9.17) is 0 Å². The molecule has 1 heterocycles. The highest BCUT2D eigenvalue weighted by Crippen LogP contribution is 2.09. The van der Waals surface area contributed by atoms with Crippen molar-refractivity contribution in [2.24, 2.45) is 0 Å². The first-order valence-corrected chi connectivity index (χ1v) is 6.94. The Kier molecular flexibility index (Phi) is 5.14. The molecule has 0 aromatic heterocycles. The quantitative estimate of drug-likeness (QED) is 0.864. The first kappa shape index (κ1) is 13.5. The van der Waals surface area contributed by atoms with E-state index in [1.54, 1.807) is 12.1 Å². The Morgan fingerprint density at radius 2 is 2.06 bits per heavy atom. The normalized spacial score (nSPS) is 18.8. The summed E-state index contributed by atoms with van der Waals surface area (Å²) in [6.07, 6.45) is 4.04. The van der Waals surface area contributed by atoms with E-state index < -0.39 is 0 Å². The van der Waals surface area contributed by atoms with Gasteiger partial charge in [0.25, 0.3) is 0 Å². The first-order chi connectivity index (χ1) is 8.74. The van der Waals surface area contributed by atoms with Crippen LogP contribution in [0.2, 0.25) is 0 Å². The molecule has 0 radical (unpaired) electrons. The summed E-state index contributed by atoms with van der Waals surface area (Å²) in [6, 6.07) is 7.26. The highest BCUT2D eigenvalue weighted by molar-refractivity contribution is 5.16. The second-order valence-electron chi connectivity index (χ2n) is 5.27. The van der Waals surface area contributed by atoms with Crippen LogP contribution in [0.15, 0.2) is 24.3 Å². The maximum Gasteiger partial charge on any atom is 0.123 e. The Bertz CT molecular complexity index is 361. The van der Waals surface area contributed by atoms with Gasteiger partial charge in [0.1, 0.15) is 5.82 Å². The van der Waals surface area contributed by atoms with Gasteiger partial charge in [-0.25, -0.2) is 4.39 Å². The Morgan fingerprint density at radius 3 is 2.78 bits per heavy atom. The van der Waals surface area contributed by atoms with Crippen molar-refractivity contribution in [1.29, 1.82) is 0 Å². The summed E-state index contributed by atoms with van der Waals surface area (Å²) in [5.41, 5.74) is 1.01. The number of hydrogen-bond acceptors (Lipinski definition) is 2. The van der Waals surface area contributed by atoms with E-state index in [0.29, 0.717) is 6.04 Å². The van der Waals surface area contributed by atoms with Crippen LogP contribution in [-0.2, 0) is 6.54 Å². The highest BCUT2D eigenvalue weighted by atomic mass is 19.1. The molecule has 1 fully saturated rings. The zero-order chi connectivity index (χ0) is 12.8. The van der Waals surface area contributed by atoms with Crippen molar-refractivity contribution in [3.63, 3.8) is 0 Å². The van der Waals surface area contributed by atoms with Gasteiger partial charge in [-0.2, -0.15) is 0 Å². The maximum absolute atomic E-state index is 13.0. The van der Waals surface area contributed by atoms with Gasteiger partial charge in [-0.1, -0.05) is 18.6 Å². The fourth-order valence-corrected chi connectivity index (χ4v) is 2.53. The van der Waals surface area contributed by atoms with Crippen LogP contribution in [0, 0.1) is 5.82 Å². The van der Waals surface area contributed by atoms with Crippen LogP contribution in [0.5, 0.6) is 0 Å². The fraction of sp³-hybridized carbons (Fsp3) is 0.600. The topological polar surface area (TPSA) is 15.3 Å². The van der Waals surface area contributed by atoms with Crippen LogP contribution in [-0.4, -0.2) is 30.6 Å². The third kappa shape index (κ3) is 4.39. The van der Waals surface area contributed by atoms with Crippen molar-refractivity contribution in [2.45, 2.75) is 38.8 Å². The summed E-state index contributed by atoms with van der Waals surface area (Å²) in [5, 5.41) is 3.47. The molecule has 3 heteroatoms. The minimum Gasteiger partial charge on any atom is -0.309 e. The summed E-state index contributed by atoms with van der Waals surface area (Å²) in [4.78, 5) is 2.52. The zero-order valence-electron chi connectivity index (χ0n) is 11.2. The molecule has 2 rings (SSSR count). The number of likely N-dealkylation sites (tertiary alicyclic amines) is 1. The van der Waals surface area contributed by atoms with Crippen molar-refractivity contribution in [3.05, 3.63) is 35.6 Å². The van der Waals surface area contributed by atoms with E-state index >= 15 is 0 Å². The van der Waals surface area contributed by atoms with Crippen LogP contribution >= 0.6 is 0 Å². The highest BCUT2D eigenvalue weighted by Gasteiger charge is 2.12. The summed E-state index contributed by atoms with van der Waals surface area (Å²) >= 11 is 0. The molecule has 0 aliphatic carbocycles. The van der Waals surface area contributed by atoms with Gasteiger partial charge in [0.05, 0.1) is 0 Å². The molecule has 1 atom stereocenters. The molecule has 1 aromatic rings. The second-order valence-corrected chi connectivity index (χ2v) is 5.27. The van der Waals surface area contributed by atoms with Crippen molar-refractivity contribution >= 4 is 0 Å². The molecule has 1 aliphatic rings. The van der Waals surface area contributed by atoms with Gasteiger partial charge in [-0.15, -0.1) is 0 Å². The summed E-state index contributed by atoms with van der Waals surface area (Å²) in [6.45, 7) is 6.49. The number of halogens is 1. The monoisotopic (exact) mass is 250 g/mol. The van der Waals surface area contributed by atoms with Crippen LogP contribution < -0.4 is 5.32 Å². The number of piperidine rings is 1. The molecule has 0 amide bonds. The van der Waals surface area contributed by atoms with Crippen molar-refractivity contribution in [3.8, 4) is 0 Å². The summed E-state index contributed by atoms with van der Waals surface area (Å²) in [7, 11) is 0. The Hall–Kier alpha value is -0.930. The molecule has 0 saturated carbocycles. The first-order valence-electron chi connectivity index (χ1n) is 6.94. The number of nitrogens with one attached hydrogen (secondary N) is 1. The van der Waals surface area contributed by atoms with E-state index in [1.807, 2.05) is 6.07 Å². The van der Waals surface area contributed by atoms with Gasteiger partial charge < -0.3 is 10.2 Å². The summed E-state index contributed by atoms with van der Waals surface area (Å²) < 4.78 is 13.0. The van der Waals surface area contributed by atoms with E-state index in [2.05, 4.69) is 17.1 Å². The zero-order valence-corrected chi connectivity index (χ0v) is 11.2. The third-order valence-corrected chi connectivity index (χ3v) is 3.52. The molecule has 18 heavy (non-hydrogen) atoms. The van der Waals surface area contributed by atoms with E-state index in [0.717, 1.165) is 18.7 Å². The number of benzene rings is 1. The van der Waals surface area contributed by atoms with Gasteiger partial charge in [0, 0.05) is 19.1 Å². The van der Waals surface area contributed by atoms with Crippen LogP contribution in [0.25, 0.3) is 0 Å². The second kappa shape index (κ2) is 6.86. The smallest absolute Gasteiger partial charge is 0.123 e. The van der Waals surface area contributed by atoms with E-state index in [9.17, 15) is 4.39 Å². The van der Waals surface area contributed by atoms with Crippen LogP contribution in [0.4, 0.5) is 4.39 Å². The minimum absolute atomic E-state index is 0.155. The van der Waals surface area contributed by atoms with Crippen molar-refractivity contribution in [1.82, 2.24) is 10.2 Å². The Labute approximate surface area is 109 Å². The lowest BCUT2D eigenvalue weighted by Gasteiger charge is -2.29. The lowest BCUT2D eigenvalue weighted by molar-refractivity contribution is 0.209. The molecular weight excluding hydrogens is 227 g/mol. The number of nitrogens with zero attached hydrogens (tertiary/aromatic N) is 1. The van der Waals surface area contributed by atoms with Crippen molar-refractivity contribution in [2.75, 3.05) is 19.6 Å². The Morgan fingerprint density at radius 1 is 1.28 bits per heavy atom. The summed E-state index contributed by atoms with van der Waals surface area (Å²) in [5.74, 6) is -0.155. The van der Waals surface area contributed by atoms with Gasteiger partial charge in [0.2, 0.25) is 0 Å². The molecular formula is C15H23FN2. The molecule has 2 nitrogen and oxygen atoms in total. The fourth-order valence-electron chi connectivity index (χ4n) is 2.53. The van der Waals surface area contributed by atoms with Gasteiger partial charge in [0.15, 0.2) is 0 Å². The average molecular weight is 250 g/mol. The molecule has 1 unspecified atom stereocenters. The van der Waals surface area contributed by atoms with Gasteiger partial charge in [-0.3, -0.25) is 0 Å². The lowest BCUT2D eigenvalue weighted by atomic mass is 10.1. The maximum atomic E-state index is 13.0. The molecule has 1 aliphatic heterocycles. The van der Waals surface area contributed by atoms with Crippen LogP contribution in [0.1, 0.15) is 31.7 Å². The predicted octanol–water partition coefficient (Wildman–Crippen LogP) is 2.79. The molecule has 1 N–H and O–H groups in total. The largest absolute Gasteiger partial charge is 0.309 e. The van der Waals surface area contributed by atoms with Gasteiger partial charge >= 0.3 is 0 Å². The molecule has 100 valence electrons. The molecule has 0 bridgehead atoms. The molecule has 1 aromatic carbocycles. The van der Waals surface area contributed by atoms with E-state index in [-0.39, 0.29) is 5.82 Å². The molecule has 0 spiro atoms. The van der Waals surface area contributed by atoms with Gasteiger partial charge in [-0.05, 0) is 50.6 Å². The average Bonchev–Trinajstić information content (AvgIpc) is 2.38. The molecule has 1 saturated heterocycles. The standard InChI is InChI=1S/C15H23FN2/c1-13(12-18-8-3-2-4-9-18)17-11-14-6-5-7-15(16)10-14/h5-7,10,13,17H,2-4,8-9,11-12H2,1H3. The van der Waals surface area contributed by atoms with Crippen LogP contribution in [0.3, 0.4) is 0 Å². The number of hydrogen-bond donors (Lipinski definition) is 1. The third-order valence-electron chi connectivity index (χ3n) is 3.52. The SMILES string of the molecule is CC(CN1CCCCC1)NCc1cccc(F)c1. The van der Waals surface area contributed by atoms with E-state index in [1.165, 1.54) is 38.4 Å².